The molecule has 0 spiro atoms. The second kappa shape index (κ2) is 5.87. The van der Waals surface area contributed by atoms with Crippen molar-refractivity contribution >= 4 is 37.6 Å². The Bertz CT molecular complexity index is 1370. The highest BCUT2D eigenvalue weighted by atomic mass is 32.2. The van der Waals surface area contributed by atoms with E-state index in [2.05, 4.69) is 10.2 Å². The van der Waals surface area contributed by atoms with Crippen molar-refractivity contribution in [3.05, 3.63) is 59.3 Å². The van der Waals surface area contributed by atoms with Gasteiger partial charge in [0.2, 0.25) is 0 Å². The van der Waals surface area contributed by atoms with Crippen LogP contribution in [-0.2, 0) is 22.0 Å². The van der Waals surface area contributed by atoms with Crippen LogP contribution in [0.2, 0.25) is 0 Å². The summed E-state index contributed by atoms with van der Waals surface area (Å²) in [5.74, 6) is -0.981. The van der Waals surface area contributed by atoms with Crippen molar-refractivity contribution in [1.29, 1.82) is 0 Å². The maximum absolute atomic E-state index is 12.4. The van der Waals surface area contributed by atoms with Crippen LogP contribution >= 0.6 is 0 Å². The van der Waals surface area contributed by atoms with E-state index in [-0.39, 0.29) is 17.1 Å². The van der Waals surface area contributed by atoms with Gasteiger partial charge in [-0.2, -0.15) is 5.10 Å². The summed E-state index contributed by atoms with van der Waals surface area (Å²) in [4.78, 5) is 15.9. The summed E-state index contributed by atoms with van der Waals surface area (Å²) < 4.78 is 24.7. The quantitative estimate of drug-likeness (QED) is 0.541. The van der Waals surface area contributed by atoms with Crippen molar-refractivity contribution in [2.45, 2.75) is 12.2 Å². The number of benzene rings is 2. The molecule has 2 aromatic carbocycles. The van der Waals surface area contributed by atoms with Crippen molar-refractivity contribution in [1.82, 2.24) is 15.2 Å². The monoisotopic (exact) mass is 393 g/mol. The lowest BCUT2D eigenvalue weighted by Crippen LogP contribution is -2.20. The Morgan fingerprint density at radius 2 is 1.86 bits per heavy atom. The van der Waals surface area contributed by atoms with E-state index in [9.17, 15) is 13.2 Å². The lowest BCUT2D eigenvalue weighted by Gasteiger charge is -2.22. The van der Waals surface area contributed by atoms with Gasteiger partial charge >= 0.3 is 5.97 Å². The topological polar surface area (TPSA) is 113 Å². The zero-order valence-electron chi connectivity index (χ0n) is 14.6. The summed E-state index contributed by atoms with van der Waals surface area (Å²) in [6.07, 6.45) is 2.16. The molecule has 3 heterocycles. The fraction of sp³-hybridized carbons (Fsp3) is 0.150. The molecule has 0 amide bonds. The maximum atomic E-state index is 12.4. The number of sulfone groups is 1. The summed E-state index contributed by atoms with van der Waals surface area (Å²) in [7, 11) is -3.21. The zero-order valence-corrected chi connectivity index (χ0v) is 15.5. The molecule has 8 heteroatoms. The molecule has 0 fully saturated rings. The number of aromatic carboxylic acids is 1. The normalized spacial score (nSPS) is 15.6. The van der Waals surface area contributed by atoms with Gasteiger partial charge in [0, 0.05) is 16.3 Å². The number of nitrogens with one attached hydrogen (secondary N) is 1. The van der Waals surface area contributed by atoms with Gasteiger partial charge in [-0.1, -0.05) is 12.1 Å². The van der Waals surface area contributed by atoms with E-state index in [1.165, 1.54) is 12.1 Å². The van der Waals surface area contributed by atoms with Crippen molar-refractivity contribution < 1.29 is 18.3 Å². The number of carbonyl (C=O) groups is 1. The molecule has 1 aliphatic rings. The summed E-state index contributed by atoms with van der Waals surface area (Å²) in [6.45, 7) is 0. The largest absolute Gasteiger partial charge is 0.478 e. The molecule has 0 saturated carbocycles. The number of carboxylic acid groups (broad SMARTS) is 1. The molecule has 0 unspecified atom stereocenters. The number of H-pyrrole nitrogens is 1. The van der Waals surface area contributed by atoms with E-state index >= 15 is 0 Å². The minimum Gasteiger partial charge on any atom is -0.478 e. The number of carboxylic acids is 1. The first-order chi connectivity index (χ1) is 13.4. The molecule has 7 nitrogen and oxygen atoms in total. The third kappa shape index (κ3) is 2.56. The van der Waals surface area contributed by atoms with E-state index < -0.39 is 15.8 Å². The first kappa shape index (κ1) is 16.9. The van der Waals surface area contributed by atoms with E-state index in [4.69, 9.17) is 10.1 Å². The molecule has 0 aliphatic carbocycles. The van der Waals surface area contributed by atoms with E-state index in [1.807, 2.05) is 12.1 Å². The Kier molecular flexibility index (Phi) is 3.54. The molecular weight excluding hydrogens is 378 g/mol. The predicted molar refractivity (Wildman–Crippen MR) is 105 cm³/mol. The van der Waals surface area contributed by atoms with Gasteiger partial charge in [0.1, 0.15) is 0 Å². The lowest BCUT2D eigenvalue weighted by molar-refractivity contribution is 0.0697. The Morgan fingerprint density at radius 1 is 1.07 bits per heavy atom. The van der Waals surface area contributed by atoms with Gasteiger partial charge in [-0.15, -0.1) is 0 Å². The van der Waals surface area contributed by atoms with Crippen LogP contribution in [0.25, 0.3) is 33.1 Å². The standard InChI is InChI=1S/C20H15N3O4S/c24-20(25)12-3-1-11(2-4-12)19-15-10-28(26,27)8-7-13(15)18-14-9-21-23-16(14)5-6-17(18)22-19/h1-6,9H,7-8,10H2,(H,21,23)(H,24,25). The van der Waals surface area contributed by atoms with E-state index in [1.54, 1.807) is 18.3 Å². The summed E-state index contributed by atoms with van der Waals surface area (Å²) >= 11 is 0. The molecule has 140 valence electrons. The Morgan fingerprint density at radius 3 is 2.61 bits per heavy atom. The van der Waals surface area contributed by atoms with Crippen LogP contribution in [0.15, 0.2) is 42.6 Å². The smallest absolute Gasteiger partial charge is 0.335 e. The van der Waals surface area contributed by atoms with Crippen molar-refractivity contribution in [2.24, 2.45) is 0 Å². The highest BCUT2D eigenvalue weighted by molar-refractivity contribution is 7.90. The maximum Gasteiger partial charge on any atom is 0.335 e. The molecule has 4 aromatic rings. The van der Waals surface area contributed by atoms with Crippen LogP contribution in [0, 0.1) is 0 Å². The van der Waals surface area contributed by atoms with Crippen LogP contribution in [0.1, 0.15) is 21.5 Å². The van der Waals surface area contributed by atoms with Crippen LogP contribution < -0.4 is 0 Å². The van der Waals surface area contributed by atoms with Gasteiger partial charge in [-0.3, -0.25) is 5.10 Å². The summed E-state index contributed by atoms with van der Waals surface area (Å²) in [6, 6.07) is 10.2. The lowest BCUT2D eigenvalue weighted by atomic mass is 9.94. The average Bonchev–Trinajstić information content (AvgIpc) is 3.15. The zero-order chi connectivity index (χ0) is 19.5. The second-order valence-electron chi connectivity index (χ2n) is 6.93. The summed E-state index contributed by atoms with van der Waals surface area (Å²) in [5.41, 5.74) is 4.77. The third-order valence-electron chi connectivity index (χ3n) is 5.22. The number of aromatic amines is 1. The van der Waals surface area contributed by atoms with Gasteiger partial charge in [0.25, 0.3) is 0 Å². The minimum absolute atomic E-state index is 0.0739. The molecule has 28 heavy (non-hydrogen) atoms. The molecule has 1 aliphatic heterocycles. The fourth-order valence-electron chi connectivity index (χ4n) is 3.89. The number of aryl methyl sites for hydroxylation is 1. The first-order valence-corrected chi connectivity index (χ1v) is 10.6. The Hall–Kier alpha value is -3.26. The third-order valence-corrected chi connectivity index (χ3v) is 6.77. The van der Waals surface area contributed by atoms with Crippen LogP contribution in [0.3, 0.4) is 0 Å². The van der Waals surface area contributed by atoms with E-state index in [0.717, 1.165) is 27.4 Å². The fourth-order valence-corrected chi connectivity index (χ4v) is 5.30. The van der Waals surface area contributed by atoms with Gasteiger partial charge in [-0.25, -0.2) is 18.2 Å². The molecule has 0 radical (unpaired) electrons. The molecule has 2 N–H and O–H groups in total. The number of hydrogen-bond donors (Lipinski definition) is 2. The molecule has 0 bridgehead atoms. The van der Waals surface area contributed by atoms with Crippen LogP contribution in [-0.4, -0.2) is 40.4 Å². The summed E-state index contributed by atoms with van der Waals surface area (Å²) in [5, 5.41) is 18.0. The number of fused-ring (bicyclic) bond motifs is 5. The minimum atomic E-state index is -3.21. The Balaban J connectivity index is 1.84. The first-order valence-electron chi connectivity index (χ1n) is 8.75. The SMILES string of the molecule is O=C(O)c1ccc(-c2nc3ccc4[nH]ncc4c3c3c2CS(=O)(=O)CC3)cc1. The number of rotatable bonds is 2. The second-order valence-corrected chi connectivity index (χ2v) is 9.12. The van der Waals surface area contributed by atoms with Crippen molar-refractivity contribution in [2.75, 3.05) is 5.75 Å². The Labute approximate surface area is 160 Å². The molecule has 5 rings (SSSR count). The van der Waals surface area contributed by atoms with Crippen molar-refractivity contribution in [3.8, 4) is 11.3 Å². The van der Waals surface area contributed by atoms with Gasteiger partial charge in [-0.05, 0) is 41.8 Å². The number of nitrogens with zero attached hydrogens (tertiary/aromatic N) is 2. The van der Waals surface area contributed by atoms with Crippen LogP contribution in [0.4, 0.5) is 0 Å². The molecule has 2 aromatic heterocycles. The average molecular weight is 393 g/mol. The van der Waals surface area contributed by atoms with Gasteiger partial charge in [0.15, 0.2) is 9.84 Å². The molecule has 0 atom stereocenters. The highest BCUT2D eigenvalue weighted by Crippen LogP contribution is 2.37. The van der Waals surface area contributed by atoms with Gasteiger partial charge < -0.3 is 5.11 Å². The van der Waals surface area contributed by atoms with Crippen LogP contribution in [0.5, 0.6) is 0 Å². The predicted octanol–water partition coefficient (Wildman–Crippen LogP) is 2.95. The molecular formula is C20H15N3O4S. The van der Waals surface area contributed by atoms with Crippen molar-refractivity contribution in [3.63, 3.8) is 0 Å². The van der Waals surface area contributed by atoms with E-state index in [0.29, 0.717) is 23.2 Å². The number of hydrogen-bond acceptors (Lipinski definition) is 5. The van der Waals surface area contributed by atoms with Gasteiger partial charge in [0.05, 0.1) is 40.0 Å². The highest BCUT2D eigenvalue weighted by Gasteiger charge is 2.28. The number of aromatic nitrogens is 3. The number of pyridine rings is 1. The molecule has 0 saturated heterocycles.